The largest absolute Gasteiger partial charge is 0.314 e. The standard InChI is InChI=1S/C20H33N/c1-3-5-6-7-8-12-20(21-4-2)16-17-13-14-18-10-9-11-19(18)15-17/h13-15,20-21H,3-12,16H2,1-2H3. The van der Waals surface area contributed by atoms with E-state index in [1.54, 1.807) is 11.1 Å². The Morgan fingerprint density at radius 1 is 1.00 bits per heavy atom. The van der Waals surface area contributed by atoms with Crippen LogP contribution in [0.4, 0.5) is 0 Å². The van der Waals surface area contributed by atoms with E-state index < -0.39 is 0 Å². The normalized spacial score (nSPS) is 15.1. The summed E-state index contributed by atoms with van der Waals surface area (Å²) in [4.78, 5) is 0. The Kier molecular flexibility index (Phi) is 7.29. The van der Waals surface area contributed by atoms with Crippen molar-refractivity contribution in [2.45, 2.75) is 84.1 Å². The zero-order valence-corrected chi connectivity index (χ0v) is 14.1. The maximum Gasteiger partial charge on any atom is 0.0107 e. The minimum Gasteiger partial charge on any atom is -0.314 e. The number of likely N-dealkylation sites (N-methyl/N-ethyl adjacent to an activating group) is 1. The molecule has 0 heterocycles. The minimum absolute atomic E-state index is 0.663. The molecule has 2 rings (SSSR count). The molecule has 1 aromatic carbocycles. The fourth-order valence-electron chi connectivity index (χ4n) is 3.60. The average molecular weight is 287 g/mol. The van der Waals surface area contributed by atoms with Gasteiger partial charge in [-0.15, -0.1) is 0 Å². The first kappa shape index (κ1) is 16.5. The Labute approximate surface area is 131 Å². The van der Waals surface area contributed by atoms with Crippen LogP contribution in [0.5, 0.6) is 0 Å². The van der Waals surface area contributed by atoms with Gasteiger partial charge < -0.3 is 5.32 Å². The van der Waals surface area contributed by atoms with E-state index in [0.29, 0.717) is 6.04 Å². The topological polar surface area (TPSA) is 12.0 Å². The lowest BCUT2D eigenvalue weighted by Gasteiger charge is -2.18. The molecule has 118 valence electrons. The molecule has 0 fully saturated rings. The van der Waals surface area contributed by atoms with Crippen LogP contribution in [0, 0.1) is 0 Å². The number of aryl methyl sites for hydroxylation is 2. The van der Waals surface area contributed by atoms with Crippen molar-refractivity contribution in [1.82, 2.24) is 5.32 Å². The Balaban J connectivity index is 1.81. The molecule has 0 spiro atoms. The van der Waals surface area contributed by atoms with Gasteiger partial charge in [-0.3, -0.25) is 0 Å². The quantitative estimate of drug-likeness (QED) is 0.593. The number of hydrogen-bond acceptors (Lipinski definition) is 1. The van der Waals surface area contributed by atoms with Gasteiger partial charge >= 0.3 is 0 Å². The summed E-state index contributed by atoms with van der Waals surface area (Å²) in [7, 11) is 0. The van der Waals surface area contributed by atoms with E-state index in [1.165, 1.54) is 69.8 Å². The maximum absolute atomic E-state index is 3.69. The van der Waals surface area contributed by atoms with Crippen molar-refractivity contribution in [3.63, 3.8) is 0 Å². The first-order valence-electron chi connectivity index (χ1n) is 9.17. The molecular weight excluding hydrogens is 254 g/mol. The lowest BCUT2D eigenvalue weighted by Crippen LogP contribution is -2.31. The molecule has 1 atom stereocenters. The minimum atomic E-state index is 0.663. The zero-order chi connectivity index (χ0) is 14.9. The Morgan fingerprint density at radius 3 is 2.62 bits per heavy atom. The van der Waals surface area contributed by atoms with Gasteiger partial charge in [0.25, 0.3) is 0 Å². The van der Waals surface area contributed by atoms with Gasteiger partial charge in [0.05, 0.1) is 0 Å². The van der Waals surface area contributed by atoms with Crippen LogP contribution in [-0.2, 0) is 19.3 Å². The van der Waals surface area contributed by atoms with E-state index in [-0.39, 0.29) is 0 Å². The first-order chi connectivity index (χ1) is 10.3. The van der Waals surface area contributed by atoms with Gasteiger partial charge in [-0.25, -0.2) is 0 Å². The highest BCUT2D eigenvalue weighted by Gasteiger charge is 2.13. The second-order valence-corrected chi connectivity index (χ2v) is 6.62. The SMILES string of the molecule is CCCCCCCC(Cc1ccc2c(c1)CCC2)NCC. The van der Waals surface area contributed by atoms with Crippen LogP contribution in [0.25, 0.3) is 0 Å². The van der Waals surface area contributed by atoms with E-state index in [1.807, 2.05) is 0 Å². The molecule has 0 saturated heterocycles. The van der Waals surface area contributed by atoms with Crippen molar-refractivity contribution >= 4 is 0 Å². The molecular formula is C20H33N. The molecule has 0 aromatic heterocycles. The summed E-state index contributed by atoms with van der Waals surface area (Å²) < 4.78 is 0. The van der Waals surface area contributed by atoms with E-state index in [9.17, 15) is 0 Å². The molecule has 1 N–H and O–H groups in total. The lowest BCUT2D eigenvalue weighted by atomic mass is 9.97. The van der Waals surface area contributed by atoms with Gasteiger partial charge in [0.1, 0.15) is 0 Å². The van der Waals surface area contributed by atoms with Crippen LogP contribution < -0.4 is 5.32 Å². The Morgan fingerprint density at radius 2 is 1.81 bits per heavy atom. The second kappa shape index (κ2) is 9.25. The smallest absolute Gasteiger partial charge is 0.0107 e. The van der Waals surface area contributed by atoms with Gasteiger partial charge in [-0.1, -0.05) is 64.2 Å². The number of benzene rings is 1. The van der Waals surface area contributed by atoms with E-state index >= 15 is 0 Å². The summed E-state index contributed by atoms with van der Waals surface area (Å²) >= 11 is 0. The van der Waals surface area contributed by atoms with Crippen LogP contribution >= 0.6 is 0 Å². The summed E-state index contributed by atoms with van der Waals surface area (Å²) in [6.07, 6.45) is 13.4. The molecule has 21 heavy (non-hydrogen) atoms. The molecule has 1 unspecified atom stereocenters. The number of rotatable bonds is 10. The fraction of sp³-hybridized carbons (Fsp3) is 0.700. The number of nitrogens with one attached hydrogen (secondary N) is 1. The molecule has 0 aliphatic heterocycles. The number of fused-ring (bicyclic) bond motifs is 1. The molecule has 1 aliphatic rings. The summed E-state index contributed by atoms with van der Waals surface area (Å²) in [5.41, 5.74) is 4.75. The van der Waals surface area contributed by atoms with Crippen LogP contribution in [0.3, 0.4) is 0 Å². The van der Waals surface area contributed by atoms with Crippen molar-refractivity contribution in [3.8, 4) is 0 Å². The molecule has 1 aliphatic carbocycles. The van der Waals surface area contributed by atoms with E-state index in [0.717, 1.165) is 6.54 Å². The molecule has 0 radical (unpaired) electrons. The fourth-order valence-corrected chi connectivity index (χ4v) is 3.60. The summed E-state index contributed by atoms with van der Waals surface area (Å²) in [5.74, 6) is 0. The van der Waals surface area contributed by atoms with Gasteiger partial charge in [0.15, 0.2) is 0 Å². The molecule has 1 aromatic rings. The van der Waals surface area contributed by atoms with E-state index in [2.05, 4.69) is 37.4 Å². The van der Waals surface area contributed by atoms with Gasteiger partial charge in [-0.2, -0.15) is 0 Å². The predicted octanol–water partition coefficient (Wildman–Crippen LogP) is 5.06. The van der Waals surface area contributed by atoms with Gasteiger partial charge in [0, 0.05) is 6.04 Å². The molecule has 1 heteroatoms. The Bertz CT molecular complexity index is 410. The number of unbranched alkanes of at least 4 members (excludes halogenated alkanes) is 4. The summed E-state index contributed by atoms with van der Waals surface area (Å²) in [5, 5.41) is 3.69. The van der Waals surface area contributed by atoms with Crippen LogP contribution in [0.1, 0.15) is 75.5 Å². The molecule has 1 nitrogen and oxygen atoms in total. The zero-order valence-electron chi connectivity index (χ0n) is 14.1. The maximum atomic E-state index is 3.69. The predicted molar refractivity (Wildman–Crippen MR) is 93.0 cm³/mol. The van der Waals surface area contributed by atoms with Crippen LogP contribution in [-0.4, -0.2) is 12.6 Å². The number of hydrogen-bond donors (Lipinski definition) is 1. The van der Waals surface area contributed by atoms with Crippen LogP contribution in [0.2, 0.25) is 0 Å². The van der Waals surface area contributed by atoms with Gasteiger partial charge in [0.2, 0.25) is 0 Å². The van der Waals surface area contributed by atoms with Gasteiger partial charge in [-0.05, 0) is 55.3 Å². The summed E-state index contributed by atoms with van der Waals surface area (Å²) in [6.45, 7) is 5.60. The van der Waals surface area contributed by atoms with Crippen molar-refractivity contribution in [1.29, 1.82) is 0 Å². The molecule has 0 bridgehead atoms. The van der Waals surface area contributed by atoms with E-state index in [4.69, 9.17) is 0 Å². The third kappa shape index (κ3) is 5.47. The molecule has 0 amide bonds. The third-order valence-corrected chi connectivity index (χ3v) is 4.79. The van der Waals surface area contributed by atoms with Crippen molar-refractivity contribution in [2.24, 2.45) is 0 Å². The third-order valence-electron chi connectivity index (χ3n) is 4.79. The van der Waals surface area contributed by atoms with Crippen molar-refractivity contribution in [3.05, 3.63) is 34.9 Å². The highest BCUT2D eigenvalue weighted by atomic mass is 14.9. The summed E-state index contributed by atoms with van der Waals surface area (Å²) in [6, 6.07) is 7.88. The highest BCUT2D eigenvalue weighted by molar-refractivity contribution is 5.35. The van der Waals surface area contributed by atoms with Crippen molar-refractivity contribution < 1.29 is 0 Å². The monoisotopic (exact) mass is 287 g/mol. The molecule has 0 saturated carbocycles. The second-order valence-electron chi connectivity index (χ2n) is 6.62. The average Bonchev–Trinajstić information content (AvgIpc) is 2.94. The van der Waals surface area contributed by atoms with Crippen LogP contribution in [0.15, 0.2) is 18.2 Å². The van der Waals surface area contributed by atoms with Crippen molar-refractivity contribution in [2.75, 3.05) is 6.54 Å². The first-order valence-corrected chi connectivity index (χ1v) is 9.17. The highest BCUT2D eigenvalue weighted by Crippen LogP contribution is 2.23. The Hall–Kier alpha value is -0.820. The lowest BCUT2D eigenvalue weighted by molar-refractivity contribution is 0.461.